The highest BCUT2D eigenvalue weighted by Gasteiger charge is 2.35. The Labute approximate surface area is 136 Å². The molecule has 0 spiro atoms. The number of hydrogen-bond donors (Lipinski definition) is 0. The van der Waals surface area contributed by atoms with E-state index in [1.807, 2.05) is 6.92 Å². The average Bonchev–Trinajstić information content (AvgIpc) is 3.06. The van der Waals surface area contributed by atoms with Crippen molar-refractivity contribution in [2.45, 2.75) is 11.8 Å². The first-order valence-corrected chi connectivity index (χ1v) is 9.11. The topological polar surface area (TPSA) is 70.2 Å². The number of aryl methyl sites for hydroxylation is 1. The molecule has 3 rings (SSSR count). The third-order valence-corrected chi connectivity index (χ3v) is 6.00. The molecule has 0 N–H and O–H groups in total. The number of urea groups is 1. The molecule has 0 unspecified atom stereocenters. The molecule has 2 fully saturated rings. The molecular weight excluding hydrogens is 318 g/mol. The van der Waals surface area contributed by atoms with E-state index in [1.54, 1.807) is 34.1 Å². The second-order valence-electron chi connectivity index (χ2n) is 5.78. The Morgan fingerprint density at radius 1 is 1.00 bits per heavy atom. The summed E-state index contributed by atoms with van der Waals surface area (Å²) in [5, 5.41) is 0. The van der Waals surface area contributed by atoms with Gasteiger partial charge >= 0.3 is 6.03 Å². The summed E-state index contributed by atoms with van der Waals surface area (Å²) in [7, 11) is -3.56. The molecule has 7 nitrogen and oxygen atoms in total. The van der Waals surface area contributed by atoms with Gasteiger partial charge in [0, 0.05) is 26.2 Å². The molecule has 0 radical (unpaired) electrons. The predicted molar refractivity (Wildman–Crippen MR) is 84.4 cm³/mol. The molecule has 8 heteroatoms. The maximum Gasteiger partial charge on any atom is 0.321 e. The van der Waals surface area contributed by atoms with Gasteiger partial charge < -0.3 is 14.5 Å². The van der Waals surface area contributed by atoms with E-state index in [2.05, 4.69) is 0 Å². The van der Waals surface area contributed by atoms with Gasteiger partial charge in [-0.05, 0) is 19.1 Å². The van der Waals surface area contributed by atoms with Crippen LogP contribution in [0.15, 0.2) is 29.2 Å². The molecule has 2 aliphatic heterocycles. The fourth-order valence-electron chi connectivity index (χ4n) is 2.73. The lowest BCUT2D eigenvalue weighted by Crippen LogP contribution is -2.48. The van der Waals surface area contributed by atoms with Gasteiger partial charge in [-0.2, -0.15) is 4.31 Å². The van der Waals surface area contributed by atoms with E-state index < -0.39 is 10.0 Å². The summed E-state index contributed by atoms with van der Waals surface area (Å²) in [5.74, 6) is 0. The van der Waals surface area contributed by atoms with Crippen molar-refractivity contribution in [2.75, 3.05) is 46.1 Å². The molecule has 2 saturated heterocycles. The molecule has 0 aromatic heterocycles. The lowest BCUT2D eigenvalue weighted by atomic mass is 10.2. The fourth-order valence-corrected chi connectivity index (χ4v) is 4.12. The highest BCUT2D eigenvalue weighted by molar-refractivity contribution is 7.89. The minimum Gasteiger partial charge on any atom is -0.378 e. The number of morpholine rings is 1. The van der Waals surface area contributed by atoms with Gasteiger partial charge in [0.05, 0.1) is 24.8 Å². The Morgan fingerprint density at radius 2 is 1.65 bits per heavy atom. The highest BCUT2D eigenvalue weighted by atomic mass is 32.2. The van der Waals surface area contributed by atoms with Crippen molar-refractivity contribution < 1.29 is 17.9 Å². The molecule has 0 aliphatic carbocycles. The first-order valence-electron chi connectivity index (χ1n) is 7.67. The molecular formula is C15H21N3O4S. The predicted octanol–water partition coefficient (Wildman–Crippen LogP) is 0.711. The maximum absolute atomic E-state index is 12.6. The first-order chi connectivity index (χ1) is 11.0. The molecule has 2 heterocycles. The molecule has 0 atom stereocenters. The van der Waals surface area contributed by atoms with Gasteiger partial charge in [0.2, 0.25) is 10.0 Å². The van der Waals surface area contributed by atoms with Crippen molar-refractivity contribution in [3.05, 3.63) is 29.8 Å². The van der Waals surface area contributed by atoms with Gasteiger partial charge in [-0.15, -0.1) is 0 Å². The second kappa shape index (κ2) is 6.46. The van der Waals surface area contributed by atoms with E-state index in [0.717, 1.165) is 5.56 Å². The number of nitrogens with zero attached hydrogens (tertiary/aromatic N) is 3. The van der Waals surface area contributed by atoms with Crippen molar-refractivity contribution in [2.24, 2.45) is 0 Å². The molecule has 1 aromatic rings. The second-order valence-corrected chi connectivity index (χ2v) is 7.72. The third kappa shape index (κ3) is 3.34. The molecule has 2 aliphatic rings. The zero-order chi connectivity index (χ0) is 16.4. The normalized spacial score (nSPS) is 20.0. The highest BCUT2D eigenvalue weighted by Crippen LogP contribution is 2.20. The number of carbonyl (C=O) groups is 1. The number of benzene rings is 1. The Hall–Kier alpha value is -1.64. The third-order valence-electron chi connectivity index (χ3n) is 4.16. The van der Waals surface area contributed by atoms with Gasteiger partial charge in [-0.25, -0.2) is 13.2 Å². The van der Waals surface area contributed by atoms with Crippen LogP contribution in [0.1, 0.15) is 5.56 Å². The van der Waals surface area contributed by atoms with Crippen molar-refractivity contribution in [3.8, 4) is 0 Å². The molecule has 126 valence electrons. The summed E-state index contributed by atoms with van der Waals surface area (Å²) in [4.78, 5) is 16.0. The largest absolute Gasteiger partial charge is 0.378 e. The van der Waals surface area contributed by atoms with E-state index in [4.69, 9.17) is 4.74 Å². The van der Waals surface area contributed by atoms with Gasteiger partial charge in [-0.3, -0.25) is 0 Å². The number of rotatable bonds is 2. The molecule has 2 amide bonds. The van der Waals surface area contributed by atoms with Crippen LogP contribution in [-0.4, -0.2) is 74.6 Å². The van der Waals surface area contributed by atoms with Crippen molar-refractivity contribution in [1.29, 1.82) is 0 Å². The van der Waals surface area contributed by atoms with Gasteiger partial charge in [-0.1, -0.05) is 17.7 Å². The number of sulfonamides is 1. The summed E-state index contributed by atoms with van der Waals surface area (Å²) >= 11 is 0. The van der Waals surface area contributed by atoms with E-state index in [9.17, 15) is 13.2 Å². The zero-order valence-electron chi connectivity index (χ0n) is 13.1. The summed E-state index contributed by atoms with van der Waals surface area (Å²) < 4.78 is 31.9. The van der Waals surface area contributed by atoms with Crippen molar-refractivity contribution in [1.82, 2.24) is 14.1 Å². The standard InChI is InChI=1S/C15H21N3O4S/c1-13-2-4-14(5-3-13)23(20,21)18-7-6-17(12-18)15(19)16-8-10-22-11-9-16/h2-5H,6-12H2,1H3. The van der Waals surface area contributed by atoms with Crippen molar-refractivity contribution >= 4 is 16.1 Å². The first kappa shape index (κ1) is 16.2. The quantitative estimate of drug-likeness (QED) is 0.796. The summed E-state index contributed by atoms with van der Waals surface area (Å²) in [6.07, 6.45) is 0. The molecule has 0 bridgehead atoms. The SMILES string of the molecule is Cc1ccc(S(=O)(=O)N2CCN(C(=O)N3CCOCC3)C2)cc1. The van der Waals surface area contributed by atoms with Crippen LogP contribution in [0.2, 0.25) is 0 Å². The number of hydrogen-bond acceptors (Lipinski definition) is 4. The Bertz CT molecular complexity index is 668. The minimum absolute atomic E-state index is 0.104. The van der Waals surface area contributed by atoms with Crippen LogP contribution in [0, 0.1) is 6.92 Å². The van der Waals surface area contributed by atoms with E-state index in [1.165, 1.54) is 4.31 Å². The molecule has 1 aromatic carbocycles. The minimum atomic E-state index is -3.56. The van der Waals surface area contributed by atoms with E-state index in [-0.39, 0.29) is 17.6 Å². The van der Waals surface area contributed by atoms with Gasteiger partial charge in [0.25, 0.3) is 0 Å². The van der Waals surface area contributed by atoms with Crippen LogP contribution in [0.3, 0.4) is 0 Å². The maximum atomic E-state index is 12.6. The van der Waals surface area contributed by atoms with Gasteiger partial charge in [0.1, 0.15) is 0 Å². The summed E-state index contributed by atoms with van der Waals surface area (Å²) in [6, 6.07) is 6.66. The number of amides is 2. The fraction of sp³-hybridized carbons (Fsp3) is 0.533. The van der Waals surface area contributed by atoms with E-state index >= 15 is 0 Å². The van der Waals surface area contributed by atoms with Gasteiger partial charge in [0.15, 0.2) is 0 Å². The van der Waals surface area contributed by atoms with Crippen molar-refractivity contribution in [3.63, 3.8) is 0 Å². The van der Waals surface area contributed by atoms with Crippen LogP contribution in [0.25, 0.3) is 0 Å². The zero-order valence-corrected chi connectivity index (χ0v) is 14.0. The van der Waals surface area contributed by atoms with Crippen LogP contribution < -0.4 is 0 Å². The smallest absolute Gasteiger partial charge is 0.321 e. The van der Waals surface area contributed by atoms with Crippen LogP contribution in [-0.2, 0) is 14.8 Å². The molecule has 23 heavy (non-hydrogen) atoms. The summed E-state index contributed by atoms with van der Waals surface area (Å²) in [5.41, 5.74) is 1.01. The number of carbonyl (C=O) groups excluding carboxylic acids is 1. The van der Waals surface area contributed by atoms with Crippen LogP contribution in [0.4, 0.5) is 4.79 Å². The van der Waals surface area contributed by atoms with Crippen LogP contribution in [0.5, 0.6) is 0 Å². The average molecular weight is 339 g/mol. The number of ether oxygens (including phenoxy) is 1. The van der Waals surface area contributed by atoms with Crippen LogP contribution >= 0.6 is 0 Å². The monoisotopic (exact) mass is 339 g/mol. The van der Waals surface area contributed by atoms with E-state index in [0.29, 0.717) is 39.4 Å². The lowest BCUT2D eigenvalue weighted by molar-refractivity contribution is 0.0446. The Kier molecular flexibility index (Phi) is 4.56. The Morgan fingerprint density at radius 3 is 2.30 bits per heavy atom. The summed E-state index contributed by atoms with van der Waals surface area (Å²) in [6.45, 7) is 4.94. The molecule has 0 saturated carbocycles. The lowest BCUT2D eigenvalue weighted by Gasteiger charge is -2.30. The Balaban J connectivity index is 1.69.